The number of nitrogens with one attached hydrogen (secondary N) is 1. The van der Waals surface area contributed by atoms with Gasteiger partial charge in [0.15, 0.2) is 0 Å². The minimum Gasteiger partial charge on any atom is -0.376 e. The molecule has 0 unspecified atom stereocenters. The van der Waals surface area contributed by atoms with Crippen LogP contribution in [0.4, 0.5) is 5.69 Å². The molecule has 0 heterocycles. The molecule has 0 spiro atoms. The van der Waals surface area contributed by atoms with Crippen LogP contribution >= 0.6 is 0 Å². The molecule has 0 bridgehead atoms. The van der Waals surface area contributed by atoms with Crippen LogP contribution in [0, 0.1) is 0 Å². The Hall–Kier alpha value is -2.04. The highest BCUT2D eigenvalue weighted by Gasteiger charge is 2.12. The highest BCUT2D eigenvalue weighted by Crippen LogP contribution is 2.11. The minimum atomic E-state index is 0.00768. The largest absolute Gasteiger partial charge is 0.376 e. The zero-order chi connectivity index (χ0) is 15.1. The molecule has 110 valence electrons. The number of hydrogen-bond donors (Lipinski definition) is 1. The summed E-state index contributed by atoms with van der Waals surface area (Å²) in [4.78, 5) is 26.9. The third-order valence-corrected chi connectivity index (χ3v) is 3.13. The summed E-state index contributed by atoms with van der Waals surface area (Å²) < 4.78 is 0. The molecular weight excluding hydrogens is 254 g/mol. The molecular formula is C15H23N3O2. The van der Waals surface area contributed by atoms with E-state index in [-0.39, 0.29) is 18.4 Å². The number of likely N-dealkylation sites (N-methyl/N-ethyl adjacent to an activating group) is 1. The molecule has 0 aliphatic rings. The normalized spacial score (nSPS) is 10.0. The van der Waals surface area contributed by atoms with E-state index in [0.717, 1.165) is 5.69 Å². The fourth-order valence-electron chi connectivity index (χ4n) is 1.76. The maximum absolute atomic E-state index is 12.1. The van der Waals surface area contributed by atoms with E-state index >= 15 is 0 Å². The fraction of sp³-hybridized carbons (Fsp3) is 0.467. The van der Waals surface area contributed by atoms with Gasteiger partial charge in [-0.15, -0.1) is 0 Å². The lowest BCUT2D eigenvalue weighted by Crippen LogP contribution is -2.30. The Morgan fingerprint density at radius 2 is 1.60 bits per heavy atom. The summed E-state index contributed by atoms with van der Waals surface area (Å²) in [7, 11) is 3.44. The number of nitrogens with zero attached hydrogens (tertiary/aromatic N) is 2. The summed E-state index contributed by atoms with van der Waals surface area (Å²) in [6, 6.07) is 7.20. The van der Waals surface area contributed by atoms with Crippen molar-refractivity contribution in [1.82, 2.24) is 9.80 Å². The second-order valence-electron chi connectivity index (χ2n) is 4.70. The van der Waals surface area contributed by atoms with Crippen molar-refractivity contribution in [2.24, 2.45) is 0 Å². The van der Waals surface area contributed by atoms with Crippen LogP contribution in [0.25, 0.3) is 0 Å². The van der Waals surface area contributed by atoms with E-state index in [1.165, 1.54) is 4.90 Å². The van der Waals surface area contributed by atoms with Gasteiger partial charge in [0, 0.05) is 38.4 Å². The van der Waals surface area contributed by atoms with E-state index in [2.05, 4.69) is 5.32 Å². The average Bonchev–Trinajstić information content (AvgIpc) is 2.46. The molecule has 1 aromatic carbocycles. The zero-order valence-corrected chi connectivity index (χ0v) is 12.6. The van der Waals surface area contributed by atoms with Gasteiger partial charge in [0.05, 0.1) is 6.54 Å². The molecule has 0 aliphatic heterocycles. The highest BCUT2D eigenvalue weighted by atomic mass is 16.2. The lowest BCUT2D eigenvalue weighted by atomic mass is 10.2. The molecule has 2 amide bonds. The minimum absolute atomic E-state index is 0.00768. The number of hydrogen-bond acceptors (Lipinski definition) is 3. The van der Waals surface area contributed by atoms with Crippen molar-refractivity contribution in [3.05, 3.63) is 29.8 Å². The van der Waals surface area contributed by atoms with Gasteiger partial charge in [-0.1, -0.05) is 0 Å². The second-order valence-corrected chi connectivity index (χ2v) is 4.70. The summed E-state index contributed by atoms with van der Waals surface area (Å²) in [6.07, 6.45) is 0. The first-order valence-corrected chi connectivity index (χ1v) is 6.83. The predicted molar refractivity (Wildman–Crippen MR) is 80.9 cm³/mol. The molecule has 0 fully saturated rings. The first kappa shape index (κ1) is 16.0. The van der Waals surface area contributed by atoms with Gasteiger partial charge >= 0.3 is 0 Å². The Balaban J connectivity index is 2.65. The van der Waals surface area contributed by atoms with Crippen LogP contribution < -0.4 is 5.32 Å². The van der Waals surface area contributed by atoms with Gasteiger partial charge in [-0.25, -0.2) is 0 Å². The van der Waals surface area contributed by atoms with Crippen LogP contribution in [-0.2, 0) is 4.79 Å². The lowest BCUT2D eigenvalue weighted by molar-refractivity contribution is -0.126. The molecule has 1 N–H and O–H groups in total. The fourth-order valence-corrected chi connectivity index (χ4v) is 1.76. The summed E-state index contributed by atoms with van der Waals surface area (Å²) in [5.74, 6) is 0.0409. The van der Waals surface area contributed by atoms with E-state index in [1.54, 1.807) is 31.1 Å². The smallest absolute Gasteiger partial charge is 0.253 e. The van der Waals surface area contributed by atoms with Gasteiger partial charge in [-0.3, -0.25) is 9.59 Å². The molecule has 0 atom stereocenters. The quantitative estimate of drug-likeness (QED) is 0.860. The first-order chi connectivity index (χ1) is 9.49. The van der Waals surface area contributed by atoms with Gasteiger partial charge in [0.25, 0.3) is 5.91 Å². The number of anilines is 1. The second kappa shape index (κ2) is 7.53. The zero-order valence-electron chi connectivity index (χ0n) is 12.6. The Morgan fingerprint density at radius 3 is 2.05 bits per heavy atom. The van der Waals surface area contributed by atoms with E-state index < -0.39 is 0 Å². The van der Waals surface area contributed by atoms with Gasteiger partial charge in [0.2, 0.25) is 5.91 Å². The molecule has 0 saturated carbocycles. The first-order valence-electron chi connectivity index (χ1n) is 6.83. The van der Waals surface area contributed by atoms with E-state index in [1.807, 2.05) is 26.0 Å². The van der Waals surface area contributed by atoms with Crippen LogP contribution in [0.15, 0.2) is 24.3 Å². The molecule has 0 saturated heterocycles. The monoisotopic (exact) mass is 277 g/mol. The van der Waals surface area contributed by atoms with E-state index in [9.17, 15) is 9.59 Å². The topological polar surface area (TPSA) is 52.7 Å². The Kier molecular flexibility index (Phi) is 6.03. The van der Waals surface area contributed by atoms with E-state index in [4.69, 9.17) is 0 Å². The molecule has 20 heavy (non-hydrogen) atoms. The van der Waals surface area contributed by atoms with Gasteiger partial charge in [0.1, 0.15) is 0 Å². The number of carbonyl (C=O) groups is 2. The Bertz CT molecular complexity index is 451. The van der Waals surface area contributed by atoms with Crippen LogP contribution in [0.5, 0.6) is 0 Å². The summed E-state index contributed by atoms with van der Waals surface area (Å²) >= 11 is 0. The van der Waals surface area contributed by atoms with E-state index in [0.29, 0.717) is 18.7 Å². The number of rotatable bonds is 6. The van der Waals surface area contributed by atoms with Crippen LogP contribution in [0.3, 0.4) is 0 Å². The Labute approximate surface area is 120 Å². The van der Waals surface area contributed by atoms with Crippen LogP contribution in [-0.4, -0.2) is 55.3 Å². The van der Waals surface area contributed by atoms with Crippen molar-refractivity contribution in [3.8, 4) is 0 Å². The summed E-state index contributed by atoms with van der Waals surface area (Å²) in [6.45, 7) is 5.57. The number of carbonyl (C=O) groups excluding carboxylic acids is 2. The van der Waals surface area contributed by atoms with Crippen LogP contribution in [0.1, 0.15) is 24.2 Å². The molecule has 0 radical (unpaired) electrons. The van der Waals surface area contributed by atoms with Gasteiger partial charge < -0.3 is 15.1 Å². The molecule has 0 aromatic heterocycles. The third-order valence-electron chi connectivity index (χ3n) is 3.13. The van der Waals surface area contributed by atoms with Crippen molar-refractivity contribution in [1.29, 1.82) is 0 Å². The molecule has 1 aromatic rings. The van der Waals surface area contributed by atoms with Crippen LogP contribution in [0.2, 0.25) is 0 Å². The Morgan fingerprint density at radius 1 is 1.05 bits per heavy atom. The predicted octanol–water partition coefficient (Wildman–Crippen LogP) is 1.67. The molecule has 5 nitrogen and oxygen atoms in total. The maximum Gasteiger partial charge on any atom is 0.253 e. The van der Waals surface area contributed by atoms with Crippen molar-refractivity contribution < 1.29 is 9.59 Å². The van der Waals surface area contributed by atoms with Crippen molar-refractivity contribution in [2.45, 2.75) is 13.8 Å². The van der Waals surface area contributed by atoms with Gasteiger partial charge in [-0.05, 0) is 38.1 Å². The standard InChI is InChI=1S/C15H23N3O2/c1-5-18(6-2)15(20)12-7-9-13(10-8-12)16-11-14(19)17(3)4/h7-10,16H,5-6,11H2,1-4H3. The third kappa shape index (κ3) is 4.26. The number of benzene rings is 1. The lowest BCUT2D eigenvalue weighted by Gasteiger charge is -2.18. The van der Waals surface area contributed by atoms with Crippen molar-refractivity contribution in [2.75, 3.05) is 39.0 Å². The average molecular weight is 277 g/mol. The summed E-state index contributed by atoms with van der Waals surface area (Å²) in [5.41, 5.74) is 1.49. The molecule has 0 aliphatic carbocycles. The maximum atomic E-state index is 12.1. The van der Waals surface area contributed by atoms with Gasteiger partial charge in [-0.2, -0.15) is 0 Å². The molecule has 5 heteroatoms. The van der Waals surface area contributed by atoms with Crippen molar-refractivity contribution in [3.63, 3.8) is 0 Å². The highest BCUT2D eigenvalue weighted by molar-refractivity contribution is 5.94. The number of amides is 2. The molecule has 1 rings (SSSR count). The van der Waals surface area contributed by atoms with Crippen molar-refractivity contribution >= 4 is 17.5 Å². The summed E-state index contributed by atoms with van der Waals surface area (Å²) in [5, 5.41) is 3.03. The SMILES string of the molecule is CCN(CC)C(=O)c1ccc(NCC(=O)N(C)C)cc1.